The molecule has 3 atom stereocenters. The molecule has 1 aromatic carbocycles. The Balaban J connectivity index is 1.85. The molecule has 1 heterocycles. The summed E-state index contributed by atoms with van der Waals surface area (Å²) in [5.74, 6) is 1.72. The minimum atomic E-state index is -0.547. The van der Waals surface area contributed by atoms with Gasteiger partial charge in [0.2, 0.25) is 5.75 Å². The van der Waals surface area contributed by atoms with Crippen molar-refractivity contribution < 1.29 is 28.8 Å². The molecule has 0 aliphatic carbocycles. The first-order chi connectivity index (χ1) is 12.5. The van der Waals surface area contributed by atoms with Gasteiger partial charge in [-0.05, 0) is 31.5 Å². The number of rotatable bonds is 9. The van der Waals surface area contributed by atoms with Crippen LogP contribution in [0, 0.1) is 0 Å². The average Bonchev–Trinajstić information content (AvgIpc) is 2.59. The fourth-order valence-electron chi connectivity index (χ4n) is 3.32. The number of aliphatic hydroxyl groups is 1. The van der Waals surface area contributed by atoms with E-state index in [0.29, 0.717) is 30.4 Å². The summed E-state index contributed by atoms with van der Waals surface area (Å²) in [5, 5.41) is 10.3. The minimum Gasteiger partial charge on any atom is -0.493 e. The normalized spacial score (nSPS) is 22.1. The predicted molar refractivity (Wildman–Crippen MR) is 98.2 cm³/mol. The van der Waals surface area contributed by atoms with Gasteiger partial charge in [0, 0.05) is 19.6 Å². The zero-order chi connectivity index (χ0) is 19.1. The molecule has 26 heavy (non-hydrogen) atoms. The van der Waals surface area contributed by atoms with Gasteiger partial charge in [-0.3, -0.25) is 4.90 Å². The van der Waals surface area contributed by atoms with E-state index >= 15 is 0 Å². The largest absolute Gasteiger partial charge is 0.493 e. The Bertz CT molecular complexity index is 532. The average molecular weight is 369 g/mol. The van der Waals surface area contributed by atoms with Crippen LogP contribution in [0.3, 0.4) is 0 Å². The van der Waals surface area contributed by atoms with Gasteiger partial charge in [-0.15, -0.1) is 0 Å². The summed E-state index contributed by atoms with van der Waals surface area (Å²) in [7, 11) is 4.73. The molecule has 7 heteroatoms. The first kappa shape index (κ1) is 20.8. The van der Waals surface area contributed by atoms with Crippen LogP contribution in [0.4, 0.5) is 0 Å². The van der Waals surface area contributed by atoms with Crippen LogP contribution in [0.2, 0.25) is 0 Å². The van der Waals surface area contributed by atoms with Gasteiger partial charge in [0.1, 0.15) is 0 Å². The topological polar surface area (TPSA) is 69.6 Å². The molecular weight excluding hydrogens is 338 g/mol. The van der Waals surface area contributed by atoms with E-state index in [0.717, 1.165) is 18.7 Å². The van der Waals surface area contributed by atoms with Crippen molar-refractivity contribution in [3.05, 3.63) is 17.7 Å². The van der Waals surface area contributed by atoms with Crippen LogP contribution in [0.5, 0.6) is 17.2 Å². The minimum absolute atomic E-state index is 0.186. The number of methoxy groups -OCH3 is 3. The SMILES string of the molecule is COc1cc(COC[C@@H](O)CN2C[C@@H](C)O[C@@H](C)C2)cc(OC)c1OC. The highest BCUT2D eigenvalue weighted by Gasteiger charge is 2.23. The Kier molecular flexibility index (Phi) is 7.96. The summed E-state index contributed by atoms with van der Waals surface area (Å²) in [5.41, 5.74) is 0.889. The van der Waals surface area contributed by atoms with Gasteiger partial charge in [0.15, 0.2) is 11.5 Å². The second-order valence-electron chi connectivity index (χ2n) is 6.68. The molecule has 1 N–H and O–H groups in total. The quantitative estimate of drug-likeness (QED) is 0.710. The summed E-state index contributed by atoms with van der Waals surface area (Å²) in [6.45, 7) is 6.95. The van der Waals surface area contributed by atoms with Gasteiger partial charge < -0.3 is 28.8 Å². The molecule has 148 valence electrons. The lowest BCUT2D eigenvalue weighted by Gasteiger charge is -2.36. The molecule has 0 amide bonds. The second kappa shape index (κ2) is 9.97. The third-order valence-corrected chi connectivity index (χ3v) is 4.27. The van der Waals surface area contributed by atoms with Gasteiger partial charge in [-0.1, -0.05) is 0 Å². The molecule has 1 aliphatic heterocycles. The van der Waals surface area contributed by atoms with Crippen LogP contribution in [-0.4, -0.2) is 75.9 Å². The van der Waals surface area contributed by atoms with Gasteiger partial charge >= 0.3 is 0 Å². The molecule has 1 saturated heterocycles. The number of aliphatic hydroxyl groups excluding tert-OH is 1. The molecule has 1 aliphatic rings. The van der Waals surface area contributed by atoms with Crippen molar-refractivity contribution in [2.24, 2.45) is 0 Å². The zero-order valence-corrected chi connectivity index (χ0v) is 16.4. The van der Waals surface area contributed by atoms with Crippen molar-refractivity contribution in [3.8, 4) is 17.2 Å². The number of hydrogen-bond donors (Lipinski definition) is 1. The number of nitrogens with zero attached hydrogens (tertiary/aromatic N) is 1. The summed E-state index contributed by atoms with van der Waals surface area (Å²) in [6.07, 6.45) is -0.174. The first-order valence-electron chi connectivity index (χ1n) is 8.89. The molecule has 1 aromatic rings. The lowest BCUT2D eigenvalue weighted by atomic mass is 10.2. The van der Waals surface area contributed by atoms with E-state index < -0.39 is 6.10 Å². The molecule has 0 spiro atoms. The van der Waals surface area contributed by atoms with E-state index in [-0.39, 0.29) is 18.8 Å². The Labute approximate surface area is 155 Å². The van der Waals surface area contributed by atoms with Crippen molar-refractivity contribution in [1.29, 1.82) is 0 Å². The van der Waals surface area contributed by atoms with E-state index in [9.17, 15) is 5.11 Å². The highest BCUT2D eigenvalue weighted by atomic mass is 16.5. The van der Waals surface area contributed by atoms with Gasteiger partial charge in [0.25, 0.3) is 0 Å². The Morgan fingerprint density at radius 3 is 2.15 bits per heavy atom. The zero-order valence-electron chi connectivity index (χ0n) is 16.4. The van der Waals surface area contributed by atoms with Gasteiger partial charge in [0.05, 0.1) is 52.9 Å². The monoisotopic (exact) mass is 369 g/mol. The number of morpholine rings is 1. The Morgan fingerprint density at radius 2 is 1.65 bits per heavy atom. The highest BCUT2D eigenvalue weighted by molar-refractivity contribution is 5.53. The van der Waals surface area contributed by atoms with Gasteiger partial charge in [-0.25, -0.2) is 0 Å². The van der Waals surface area contributed by atoms with E-state index in [1.165, 1.54) is 0 Å². The molecule has 7 nitrogen and oxygen atoms in total. The molecule has 0 bridgehead atoms. The van der Waals surface area contributed by atoms with Crippen LogP contribution in [0.25, 0.3) is 0 Å². The third-order valence-electron chi connectivity index (χ3n) is 4.27. The van der Waals surface area contributed by atoms with E-state index in [1.807, 2.05) is 12.1 Å². The van der Waals surface area contributed by atoms with Crippen molar-refractivity contribution in [1.82, 2.24) is 4.90 Å². The van der Waals surface area contributed by atoms with E-state index in [2.05, 4.69) is 18.7 Å². The standard InChI is InChI=1S/C19H31NO6/c1-13-8-20(9-14(2)26-13)10-16(21)12-25-11-15-6-17(22-3)19(24-5)18(7-15)23-4/h6-7,13-14,16,21H,8-12H2,1-5H3/t13-,14+,16-/m0/s1. The van der Waals surface area contributed by atoms with Crippen LogP contribution >= 0.6 is 0 Å². The maximum absolute atomic E-state index is 10.3. The number of β-amino-alcohol motifs (C(OH)–C–C–N with tert-alkyl or cyclic N) is 1. The summed E-state index contributed by atoms with van der Waals surface area (Å²) < 4.78 is 27.4. The van der Waals surface area contributed by atoms with Crippen molar-refractivity contribution in [2.45, 2.75) is 38.8 Å². The Morgan fingerprint density at radius 1 is 1.08 bits per heavy atom. The van der Waals surface area contributed by atoms with Crippen LogP contribution in [0.15, 0.2) is 12.1 Å². The van der Waals surface area contributed by atoms with Crippen LogP contribution in [0.1, 0.15) is 19.4 Å². The number of hydrogen-bond acceptors (Lipinski definition) is 7. The van der Waals surface area contributed by atoms with Gasteiger partial charge in [-0.2, -0.15) is 0 Å². The molecule has 0 saturated carbocycles. The molecule has 1 fully saturated rings. The van der Waals surface area contributed by atoms with Crippen LogP contribution in [-0.2, 0) is 16.1 Å². The van der Waals surface area contributed by atoms with Crippen molar-refractivity contribution in [2.75, 3.05) is 47.6 Å². The predicted octanol–water partition coefficient (Wildman–Crippen LogP) is 1.70. The lowest BCUT2D eigenvalue weighted by molar-refractivity contribution is -0.0826. The number of benzene rings is 1. The van der Waals surface area contributed by atoms with E-state index in [4.69, 9.17) is 23.7 Å². The first-order valence-corrected chi connectivity index (χ1v) is 8.89. The summed E-state index contributed by atoms with van der Waals surface area (Å²) in [6, 6.07) is 3.69. The molecule has 0 aromatic heterocycles. The van der Waals surface area contributed by atoms with Crippen LogP contribution < -0.4 is 14.2 Å². The third kappa shape index (κ3) is 5.74. The molecular formula is C19H31NO6. The number of ether oxygens (including phenoxy) is 5. The lowest BCUT2D eigenvalue weighted by Crippen LogP contribution is -2.48. The summed E-state index contributed by atoms with van der Waals surface area (Å²) >= 11 is 0. The fourth-order valence-corrected chi connectivity index (χ4v) is 3.32. The highest BCUT2D eigenvalue weighted by Crippen LogP contribution is 2.38. The summed E-state index contributed by atoms with van der Waals surface area (Å²) in [4.78, 5) is 2.21. The smallest absolute Gasteiger partial charge is 0.203 e. The fraction of sp³-hybridized carbons (Fsp3) is 0.684. The second-order valence-corrected chi connectivity index (χ2v) is 6.68. The van der Waals surface area contributed by atoms with Crippen molar-refractivity contribution >= 4 is 0 Å². The molecule has 0 unspecified atom stereocenters. The molecule has 2 rings (SSSR count). The Hall–Kier alpha value is -1.54. The maximum Gasteiger partial charge on any atom is 0.203 e. The van der Waals surface area contributed by atoms with E-state index in [1.54, 1.807) is 21.3 Å². The maximum atomic E-state index is 10.3. The van der Waals surface area contributed by atoms with Crippen molar-refractivity contribution in [3.63, 3.8) is 0 Å². The molecule has 0 radical (unpaired) electrons.